The minimum absolute atomic E-state index is 0.0502. The monoisotopic (exact) mass is 794 g/mol. The summed E-state index contributed by atoms with van der Waals surface area (Å²) < 4.78 is 41.9. The number of ether oxygens (including phenoxy) is 2. The molecule has 58 heavy (non-hydrogen) atoms. The summed E-state index contributed by atoms with van der Waals surface area (Å²) in [5.41, 5.74) is 5.34. The highest BCUT2D eigenvalue weighted by Gasteiger charge is 2.25. The first-order valence-corrected chi connectivity index (χ1v) is 19.4. The van der Waals surface area contributed by atoms with Crippen LogP contribution in [0.5, 0.6) is 0 Å². The van der Waals surface area contributed by atoms with E-state index < -0.39 is 16.6 Å². The predicted octanol–water partition coefficient (Wildman–Crippen LogP) is 10.8. The van der Waals surface area contributed by atoms with Gasteiger partial charge in [-0.3, -0.25) is 14.4 Å². The zero-order valence-electron chi connectivity index (χ0n) is 35.7. The average molecular weight is 795 g/mol. The van der Waals surface area contributed by atoms with E-state index >= 15 is 0 Å². The van der Waals surface area contributed by atoms with Gasteiger partial charge in [0.25, 0.3) is 5.91 Å². The summed E-state index contributed by atoms with van der Waals surface area (Å²) in [6.07, 6.45) is 1.67. The molecule has 0 spiro atoms. The quantitative estimate of drug-likeness (QED) is 0.140. The maximum Gasteiger partial charge on any atom is 0.311 e. The fourth-order valence-corrected chi connectivity index (χ4v) is 5.78. The Kier molecular flexibility index (Phi) is 14.5. The van der Waals surface area contributed by atoms with Crippen molar-refractivity contribution in [1.29, 1.82) is 0 Å². The molecule has 0 aliphatic carbocycles. The van der Waals surface area contributed by atoms with Crippen molar-refractivity contribution in [3.05, 3.63) is 119 Å². The number of aryl methyl sites for hydroxylation is 2. The van der Waals surface area contributed by atoms with Gasteiger partial charge in [-0.15, -0.1) is 10.2 Å². The highest BCUT2D eigenvalue weighted by atomic mass is 19.1. The largest absolute Gasteiger partial charge is 0.460 e. The van der Waals surface area contributed by atoms with Crippen LogP contribution in [0.3, 0.4) is 0 Å². The van der Waals surface area contributed by atoms with E-state index in [1.54, 1.807) is 63.5 Å². The van der Waals surface area contributed by atoms with E-state index in [1.807, 2.05) is 91.1 Å². The number of amides is 1. The molecule has 1 amide bonds. The van der Waals surface area contributed by atoms with Gasteiger partial charge in [-0.2, -0.15) is 0 Å². The molecule has 0 bridgehead atoms. The Morgan fingerprint density at radius 3 is 1.62 bits per heavy atom. The molecule has 11 heteroatoms. The van der Waals surface area contributed by atoms with E-state index in [-0.39, 0.29) is 49.0 Å². The van der Waals surface area contributed by atoms with Gasteiger partial charge in [-0.1, -0.05) is 47.5 Å². The van der Waals surface area contributed by atoms with E-state index in [4.69, 9.17) is 9.47 Å². The normalized spacial score (nSPS) is 11.6. The number of halogens is 2. The van der Waals surface area contributed by atoms with Crippen molar-refractivity contribution in [2.75, 3.05) is 0 Å². The van der Waals surface area contributed by atoms with Crippen LogP contribution < -0.4 is 5.32 Å². The molecule has 0 atom stereocenters. The number of hydrogen-bond donors (Lipinski definition) is 1. The lowest BCUT2D eigenvalue weighted by atomic mass is 9.95. The van der Waals surface area contributed by atoms with Crippen molar-refractivity contribution < 1.29 is 32.6 Å². The number of benzene rings is 4. The molecule has 1 N–H and O–H groups in total. The molecule has 5 aromatic rings. The third kappa shape index (κ3) is 11.7. The predicted molar refractivity (Wildman–Crippen MR) is 224 cm³/mol. The fraction of sp³-hybridized carbons (Fsp3) is 0.383. The standard InChI is InChI=1S/C24H28FN3O2.C23H28FNO3/c1-15(2)28-14-26-27-22(28)20-12-17(13-30-23(29)24(4,5)6)8-9-18(20)19-11-16(3)7-10-21(19)25;1-14(2)25-21(26)19-12-16(13-28-22(27)23(4,5)6)8-9-17(19)18-11-15(3)7-10-20(18)24/h7-12,14-15H,13H2,1-6H3;7-12,14H,13H2,1-6H3,(H,25,26). The molecule has 9 nitrogen and oxygen atoms in total. The zero-order chi connectivity index (χ0) is 43.1. The summed E-state index contributed by atoms with van der Waals surface area (Å²) in [5.74, 6) is -0.946. The van der Waals surface area contributed by atoms with Gasteiger partial charge in [0.1, 0.15) is 31.2 Å². The average Bonchev–Trinajstić information content (AvgIpc) is 3.64. The lowest BCUT2D eigenvalue weighted by Gasteiger charge is -2.18. The van der Waals surface area contributed by atoms with Crippen LogP contribution in [0.15, 0.2) is 79.1 Å². The molecule has 1 heterocycles. The third-order valence-electron chi connectivity index (χ3n) is 8.99. The van der Waals surface area contributed by atoms with E-state index in [0.29, 0.717) is 33.6 Å². The lowest BCUT2D eigenvalue weighted by Crippen LogP contribution is -2.30. The Morgan fingerprint density at radius 1 is 0.655 bits per heavy atom. The molecule has 0 saturated heterocycles. The highest BCUT2D eigenvalue weighted by molar-refractivity contribution is 6.01. The van der Waals surface area contributed by atoms with Crippen molar-refractivity contribution >= 4 is 17.8 Å². The van der Waals surface area contributed by atoms with Crippen LogP contribution in [0, 0.1) is 36.3 Å². The molecule has 0 saturated carbocycles. The summed E-state index contributed by atoms with van der Waals surface area (Å²) in [6.45, 7) is 22.6. The highest BCUT2D eigenvalue weighted by Crippen LogP contribution is 2.35. The minimum Gasteiger partial charge on any atom is -0.460 e. The smallest absolute Gasteiger partial charge is 0.311 e. The van der Waals surface area contributed by atoms with Crippen LogP contribution in [-0.2, 0) is 32.3 Å². The fourth-order valence-electron chi connectivity index (χ4n) is 5.78. The van der Waals surface area contributed by atoms with Gasteiger partial charge in [0, 0.05) is 34.3 Å². The summed E-state index contributed by atoms with van der Waals surface area (Å²) in [6, 6.07) is 20.6. The number of aromatic nitrogens is 3. The second-order valence-electron chi connectivity index (χ2n) is 17.2. The summed E-state index contributed by atoms with van der Waals surface area (Å²) in [7, 11) is 0. The topological polar surface area (TPSA) is 112 Å². The summed E-state index contributed by atoms with van der Waals surface area (Å²) in [5, 5.41) is 11.2. The molecule has 4 aromatic carbocycles. The van der Waals surface area contributed by atoms with E-state index in [9.17, 15) is 23.2 Å². The van der Waals surface area contributed by atoms with Gasteiger partial charge in [0.05, 0.1) is 10.8 Å². The van der Waals surface area contributed by atoms with Crippen LogP contribution in [0.4, 0.5) is 8.78 Å². The Labute approximate surface area is 341 Å². The molecule has 5 rings (SSSR count). The zero-order valence-corrected chi connectivity index (χ0v) is 35.7. The lowest BCUT2D eigenvalue weighted by molar-refractivity contribution is -0.155. The van der Waals surface area contributed by atoms with Crippen LogP contribution in [-0.4, -0.2) is 38.7 Å². The van der Waals surface area contributed by atoms with Crippen molar-refractivity contribution in [2.24, 2.45) is 10.8 Å². The third-order valence-corrected chi connectivity index (χ3v) is 8.99. The van der Waals surface area contributed by atoms with Gasteiger partial charge in [-0.25, -0.2) is 8.78 Å². The summed E-state index contributed by atoms with van der Waals surface area (Å²) >= 11 is 0. The van der Waals surface area contributed by atoms with Crippen molar-refractivity contribution in [3.63, 3.8) is 0 Å². The molecule has 0 fully saturated rings. The number of nitrogens with zero attached hydrogens (tertiary/aromatic N) is 3. The van der Waals surface area contributed by atoms with Gasteiger partial charge < -0.3 is 19.4 Å². The number of rotatable bonds is 10. The second-order valence-corrected chi connectivity index (χ2v) is 17.2. The number of carbonyl (C=O) groups is 3. The SMILES string of the molecule is Cc1ccc(F)c(-c2ccc(COC(=O)C(C)(C)C)cc2-c2nncn2C(C)C)c1.Cc1ccc(F)c(-c2ccc(COC(=O)C(C)(C)C)cc2C(=O)NC(C)C)c1. The Balaban J connectivity index is 0.000000257. The van der Waals surface area contributed by atoms with Gasteiger partial charge in [-0.05, 0) is 142 Å². The van der Waals surface area contributed by atoms with Crippen LogP contribution in [0.25, 0.3) is 33.6 Å². The molecule has 0 aliphatic rings. The van der Waals surface area contributed by atoms with Gasteiger partial charge in [0.2, 0.25) is 0 Å². The van der Waals surface area contributed by atoms with Crippen molar-refractivity contribution in [1.82, 2.24) is 20.1 Å². The first kappa shape index (κ1) is 45.0. The second kappa shape index (κ2) is 18.7. The molecular weight excluding hydrogens is 739 g/mol. The van der Waals surface area contributed by atoms with Gasteiger partial charge in [0.15, 0.2) is 5.82 Å². The molecule has 0 aliphatic heterocycles. The van der Waals surface area contributed by atoms with Gasteiger partial charge >= 0.3 is 11.9 Å². The minimum atomic E-state index is -0.609. The summed E-state index contributed by atoms with van der Waals surface area (Å²) in [4.78, 5) is 36.9. The first-order valence-electron chi connectivity index (χ1n) is 19.4. The number of esters is 2. The maximum atomic E-state index is 14.7. The first-order chi connectivity index (χ1) is 27.1. The van der Waals surface area contributed by atoms with Crippen molar-refractivity contribution in [3.8, 4) is 33.6 Å². The molecule has 1 aromatic heterocycles. The Hall–Kier alpha value is -5.71. The Bertz CT molecular complexity index is 2260. The maximum absolute atomic E-state index is 14.7. The van der Waals surface area contributed by atoms with Crippen LogP contribution in [0.1, 0.15) is 108 Å². The molecule has 0 radical (unpaired) electrons. The number of hydrogen-bond acceptors (Lipinski definition) is 7. The molecular formula is C47H56F2N4O5. The van der Waals surface area contributed by atoms with Crippen LogP contribution in [0.2, 0.25) is 0 Å². The molecule has 308 valence electrons. The Morgan fingerprint density at radius 2 is 1.14 bits per heavy atom. The van der Waals surface area contributed by atoms with E-state index in [2.05, 4.69) is 15.5 Å². The van der Waals surface area contributed by atoms with E-state index in [1.165, 1.54) is 12.1 Å². The number of carbonyl (C=O) groups excluding carboxylic acids is 3. The van der Waals surface area contributed by atoms with E-state index in [0.717, 1.165) is 27.8 Å². The van der Waals surface area contributed by atoms with Crippen LogP contribution >= 0.6 is 0 Å². The number of nitrogens with one attached hydrogen (secondary N) is 1. The molecule has 0 unspecified atom stereocenters. The van der Waals surface area contributed by atoms with Crippen molar-refractivity contribution in [2.45, 2.75) is 108 Å².